The van der Waals surface area contributed by atoms with Gasteiger partial charge in [-0.05, 0) is 55.4 Å². The average molecular weight is 441 g/mol. The lowest BCUT2D eigenvalue weighted by Crippen LogP contribution is -2.43. The van der Waals surface area contributed by atoms with Crippen molar-refractivity contribution in [2.75, 3.05) is 5.32 Å². The molecule has 1 aliphatic heterocycles. The van der Waals surface area contributed by atoms with Crippen molar-refractivity contribution in [2.45, 2.75) is 59.3 Å². The molecule has 0 amide bonds. The van der Waals surface area contributed by atoms with E-state index in [1.165, 1.54) is 0 Å². The van der Waals surface area contributed by atoms with Crippen molar-refractivity contribution in [1.29, 1.82) is 0 Å². The first kappa shape index (κ1) is 21.6. The van der Waals surface area contributed by atoms with Crippen LogP contribution >= 0.6 is 0 Å². The van der Waals surface area contributed by atoms with Crippen molar-refractivity contribution in [3.8, 4) is 11.1 Å². The van der Waals surface area contributed by atoms with Crippen LogP contribution in [0.4, 0.5) is 5.82 Å². The van der Waals surface area contributed by atoms with E-state index in [0.717, 1.165) is 63.6 Å². The first-order chi connectivity index (χ1) is 15.7. The highest BCUT2D eigenvalue weighted by Gasteiger charge is 2.49. The summed E-state index contributed by atoms with van der Waals surface area (Å²) in [7, 11) is 1.98. The van der Waals surface area contributed by atoms with Gasteiger partial charge in [-0.15, -0.1) is 0 Å². The molecule has 0 fully saturated rings. The van der Waals surface area contributed by atoms with Crippen LogP contribution in [-0.4, -0.2) is 20.5 Å². The Bertz CT molecular complexity index is 1310. The van der Waals surface area contributed by atoms with E-state index in [1.54, 1.807) is 0 Å². The minimum absolute atomic E-state index is 0.0690. The number of hydrogen-bond donors (Lipinski definition) is 1. The number of benzene rings is 1. The molecule has 0 bridgehead atoms. The summed E-state index contributed by atoms with van der Waals surface area (Å²) in [4.78, 5) is 18.4. The summed E-state index contributed by atoms with van der Waals surface area (Å²) < 4.78 is 1.93. The quantitative estimate of drug-likeness (QED) is 0.554. The van der Waals surface area contributed by atoms with Crippen molar-refractivity contribution in [3.63, 3.8) is 0 Å². The number of aromatic nitrogens is 3. The zero-order chi connectivity index (χ0) is 23.5. The molecule has 0 saturated heterocycles. The van der Waals surface area contributed by atoms with Crippen LogP contribution in [0.5, 0.6) is 0 Å². The number of allylic oxidation sites excluding steroid dienone is 2. The van der Waals surface area contributed by atoms with Crippen LogP contribution in [0, 0.1) is 19.3 Å². The van der Waals surface area contributed by atoms with Gasteiger partial charge in [0.25, 0.3) is 0 Å². The van der Waals surface area contributed by atoms with Gasteiger partial charge in [-0.3, -0.25) is 9.48 Å². The molecule has 1 aliphatic carbocycles. The minimum atomic E-state index is -0.530. The number of aryl methyl sites for hydroxylation is 2. The van der Waals surface area contributed by atoms with Gasteiger partial charge in [0.2, 0.25) is 0 Å². The molecule has 5 heteroatoms. The maximum atomic E-state index is 13.7. The number of pyridine rings is 1. The molecule has 0 unspecified atom stereocenters. The summed E-state index contributed by atoms with van der Waals surface area (Å²) in [5.74, 6) is 1.10. The molecule has 2 aromatic heterocycles. The molecular formula is C28H32N4O. The minimum Gasteiger partial charge on any atom is -0.343 e. The number of nitrogens with zero attached hydrogens (tertiary/aromatic N) is 3. The second kappa shape index (κ2) is 7.41. The topological polar surface area (TPSA) is 59.8 Å². The third-order valence-electron chi connectivity index (χ3n) is 7.52. The van der Waals surface area contributed by atoms with E-state index in [-0.39, 0.29) is 11.2 Å². The molecule has 0 spiro atoms. The van der Waals surface area contributed by atoms with Crippen LogP contribution in [0.15, 0.2) is 53.9 Å². The Morgan fingerprint density at radius 1 is 1.12 bits per heavy atom. The Balaban J connectivity index is 1.79. The van der Waals surface area contributed by atoms with E-state index in [4.69, 9.17) is 4.98 Å². The number of hydrogen-bond acceptors (Lipinski definition) is 4. The van der Waals surface area contributed by atoms with Gasteiger partial charge in [0.15, 0.2) is 5.78 Å². The Morgan fingerprint density at radius 2 is 1.91 bits per heavy atom. The molecular weight excluding hydrogens is 408 g/mol. The normalized spacial score (nSPS) is 21.5. The summed E-state index contributed by atoms with van der Waals surface area (Å²) >= 11 is 0. The lowest BCUT2D eigenvalue weighted by molar-refractivity contribution is -0.118. The molecule has 1 atom stereocenters. The fourth-order valence-corrected chi connectivity index (χ4v) is 6.05. The molecule has 1 aromatic carbocycles. The Kier molecular flexibility index (Phi) is 4.85. The van der Waals surface area contributed by atoms with Gasteiger partial charge in [-0.25, -0.2) is 4.98 Å². The summed E-state index contributed by atoms with van der Waals surface area (Å²) in [5, 5.41) is 8.18. The Morgan fingerprint density at radius 3 is 2.61 bits per heavy atom. The van der Waals surface area contributed by atoms with E-state index in [9.17, 15) is 4.79 Å². The molecule has 33 heavy (non-hydrogen) atoms. The van der Waals surface area contributed by atoms with Crippen molar-refractivity contribution < 1.29 is 4.79 Å². The standard InChI is InChI=1S/C28H32N4O/c1-7-28(20-11-8-10-19(14-20)24-17(2)31-32(6)18(24)3)21-12-9-13-29-26(21)30-22-15-27(4,5)16-23(33)25(22)28/h8-14H,7,15-16H2,1-6H3,(H,29,30)/t28-/m0/s1. The van der Waals surface area contributed by atoms with Gasteiger partial charge >= 0.3 is 0 Å². The number of Topliss-reactive ketones (excluding diaryl/α,β-unsaturated/α-hetero) is 1. The van der Waals surface area contributed by atoms with Crippen LogP contribution in [-0.2, 0) is 17.3 Å². The number of anilines is 1. The molecule has 5 rings (SSSR count). The maximum Gasteiger partial charge on any atom is 0.162 e. The van der Waals surface area contributed by atoms with Gasteiger partial charge < -0.3 is 5.32 Å². The highest BCUT2D eigenvalue weighted by atomic mass is 16.1. The highest BCUT2D eigenvalue weighted by Crippen LogP contribution is 2.54. The summed E-state index contributed by atoms with van der Waals surface area (Å²) in [6.45, 7) is 10.7. The predicted octanol–water partition coefficient (Wildman–Crippen LogP) is 5.86. The third-order valence-corrected chi connectivity index (χ3v) is 7.52. The molecule has 2 aliphatic rings. The van der Waals surface area contributed by atoms with Crippen LogP contribution in [0.25, 0.3) is 11.1 Å². The Hall–Kier alpha value is -3.21. The number of carbonyl (C=O) groups is 1. The van der Waals surface area contributed by atoms with Gasteiger partial charge in [0, 0.05) is 47.8 Å². The molecule has 3 heterocycles. The summed E-state index contributed by atoms with van der Waals surface area (Å²) in [6.07, 6.45) is 4.01. The van der Waals surface area contributed by atoms with E-state index in [2.05, 4.69) is 75.4 Å². The lowest BCUT2D eigenvalue weighted by Gasteiger charge is -2.46. The average Bonchev–Trinajstić information content (AvgIpc) is 3.02. The van der Waals surface area contributed by atoms with Crippen molar-refractivity contribution >= 4 is 11.6 Å². The van der Waals surface area contributed by atoms with E-state index in [1.807, 2.05) is 24.0 Å². The fourth-order valence-electron chi connectivity index (χ4n) is 6.05. The fraction of sp³-hybridized carbons (Fsp3) is 0.393. The van der Waals surface area contributed by atoms with Gasteiger partial charge in [0.1, 0.15) is 5.82 Å². The molecule has 3 aromatic rings. The number of nitrogens with one attached hydrogen (secondary N) is 1. The zero-order valence-electron chi connectivity index (χ0n) is 20.4. The predicted molar refractivity (Wildman–Crippen MR) is 132 cm³/mol. The van der Waals surface area contributed by atoms with Crippen molar-refractivity contribution in [3.05, 3.63) is 76.4 Å². The maximum absolute atomic E-state index is 13.7. The van der Waals surface area contributed by atoms with E-state index in [0.29, 0.717) is 6.42 Å². The van der Waals surface area contributed by atoms with E-state index >= 15 is 0 Å². The number of ketones is 1. The molecule has 170 valence electrons. The largest absolute Gasteiger partial charge is 0.343 e. The first-order valence-electron chi connectivity index (χ1n) is 11.8. The van der Waals surface area contributed by atoms with Crippen molar-refractivity contribution in [2.24, 2.45) is 12.5 Å². The van der Waals surface area contributed by atoms with Gasteiger partial charge in [-0.1, -0.05) is 45.0 Å². The molecule has 1 N–H and O–H groups in total. The van der Waals surface area contributed by atoms with Crippen LogP contribution in [0.3, 0.4) is 0 Å². The number of fused-ring (bicyclic) bond motifs is 1. The van der Waals surface area contributed by atoms with E-state index < -0.39 is 5.41 Å². The second-order valence-electron chi connectivity index (χ2n) is 10.3. The number of carbonyl (C=O) groups excluding carboxylic acids is 1. The lowest BCUT2D eigenvalue weighted by atomic mass is 9.59. The van der Waals surface area contributed by atoms with Crippen LogP contribution in [0.1, 0.15) is 62.5 Å². The second-order valence-corrected chi connectivity index (χ2v) is 10.3. The SMILES string of the molecule is CC[C@@]1(c2cccc(-c3c(C)nn(C)c3C)c2)C2=C(CC(C)(C)CC2=O)Nc2ncccc21. The Labute approximate surface area is 195 Å². The first-order valence-corrected chi connectivity index (χ1v) is 11.8. The van der Waals surface area contributed by atoms with Crippen LogP contribution in [0.2, 0.25) is 0 Å². The smallest absolute Gasteiger partial charge is 0.162 e. The van der Waals surface area contributed by atoms with Gasteiger partial charge in [-0.2, -0.15) is 5.10 Å². The van der Waals surface area contributed by atoms with Gasteiger partial charge in [0.05, 0.1) is 11.1 Å². The zero-order valence-corrected chi connectivity index (χ0v) is 20.4. The summed E-state index contributed by atoms with van der Waals surface area (Å²) in [5.41, 5.74) is 8.02. The third kappa shape index (κ3) is 3.17. The highest BCUT2D eigenvalue weighted by molar-refractivity contribution is 6.03. The monoisotopic (exact) mass is 440 g/mol. The van der Waals surface area contributed by atoms with Crippen LogP contribution < -0.4 is 5.32 Å². The molecule has 5 nitrogen and oxygen atoms in total. The number of rotatable bonds is 3. The summed E-state index contributed by atoms with van der Waals surface area (Å²) in [6, 6.07) is 12.8. The molecule has 0 saturated carbocycles. The molecule has 0 radical (unpaired) electrons. The van der Waals surface area contributed by atoms with Crippen molar-refractivity contribution in [1.82, 2.24) is 14.8 Å².